The fourth-order valence-corrected chi connectivity index (χ4v) is 10.8. The molecule has 4 heteroatoms. The van der Waals surface area contributed by atoms with Crippen LogP contribution in [-0.2, 0) is 5.41 Å². The van der Waals surface area contributed by atoms with Crippen LogP contribution in [0.4, 0.5) is 0 Å². The lowest BCUT2D eigenvalue weighted by Crippen LogP contribution is -2.37. The number of hydrogen-bond donors (Lipinski definition) is 1. The van der Waals surface area contributed by atoms with Crippen molar-refractivity contribution in [2.24, 2.45) is 0 Å². The molecule has 232 valence electrons. The van der Waals surface area contributed by atoms with Crippen LogP contribution in [0.25, 0.3) is 81.3 Å². The summed E-state index contributed by atoms with van der Waals surface area (Å²) < 4.78 is 3.95. The molecule has 1 aliphatic carbocycles. The Labute approximate surface area is 289 Å². The van der Waals surface area contributed by atoms with Crippen molar-refractivity contribution in [2.75, 3.05) is 0 Å². The van der Waals surface area contributed by atoms with Gasteiger partial charge in [0.15, 0.2) is 7.28 Å². The maximum absolute atomic E-state index is 4.02. The van der Waals surface area contributed by atoms with Gasteiger partial charge in [0.2, 0.25) is 0 Å². The molecule has 0 spiro atoms. The van der Waals surface area contributed by atoms with Crippen molar-refractivity contribution in [3.05, 3.63) is 138 Å². The van der Waals surface area contributed by atoms with Crippen LogP contribution in [0.3, 0.4) is 0 Å². The van der Waals surface area contributed by atoms with Crippen LogP contribution in [0, 0.1) is 13.8 Å². The predicted octanol–water partition coefficient (Wildman–Crippen LogP) is 10.4. The van der Waals surface area contributed by atoms with Crippen LogP contribution in [0.2, 0.25) is 0 Å². The number of benzene rings is 6. The van der Waals surface area contributed by atoms with E-state index in [-0.39, 0.29) is 5.41 Å². The monoisotopic (exact) mass is 644 g/mol. The van der Waals surface area contributed by atoms with Crippen molar-refractivity contribution in [3.63, 3.8) is 0 Å². The summed E-state index contributed by atoms with van der Waals surface area (Å²) in [7, 11) is 0.898. The van der Waals surface area contributed by atoms with Gasteiger partial charge in [0.05, 0.1) is 11.2 Å². The molecule has 0 bridgehead atoms. The van der Waals surface area contributed by atoms with Crippen LogP contribution < -0.4 is 10.9 Å². The summed E-state index contributed by atoms with van der Waals surface area (Å²) in [6.07, 6.45) is 0. The summed E-state index contributed by atoms with van der Waals surface area (Å²) in [6.45, 7) is 9.27. The van der Waals surface area contributed by atoms with E-state index in [1.54, 1.807) is 0 Å². The minimum atomic E-state index is -0.0786. The highest BCUT2D eigenvalue weighted by molar-refractivity contribution is 7.25. The quantitative estimate of drug-likeness (QED) is 0.181. The number of thiophene rings is 1. The van der Waals surface area contributed by atoms with E-state index in [2.05, 4.69) is 153 Å². The van der Waals surface area contributed by atoms with Crippen LogP contribution in [0.15, 0.2) is 115 Å². The van der Waals surface area contributed by atoms with E-state index in [4.69, 9.17) is 0 Å². The number of aromatic nitrogens is 2. The maximum Gasteiger partial charge on any atom is 0.198 e. The molecule has 0 unspecified atom stereocenters. The van der Waals surface area contributed by atoms with Crippen LogP contribution in [0.5, 0.6) is 0 Å². The average Bonchev–Trinajstić information content (AvgIpc) is 3.83. The Balaban J connectivity index is 1.28. The molecule has 6 aromatic carbocycles. The first kappa shape index (κ1) is 27.6. The van der Waals surface area contributed by atoms with Gasteiger partial charge in [-0.3, -0.25) is 0 Å². The average molecular weight is 645 g/mol. The van der Waals surface area contributed by atoms with Gasteiger partial charge in [-0.05, 0) is 76.5 Å². The zero-order valence-corrected chi connectivity index (χ0v) is 28.8. The molecule has 2 nitrogen and oxygen atoms in total. The molecule has 1 aliphatic heterocycles. The number of rotatable bonds is 2. The SMILES string of the molecule is Cc1cccc(C)c1-c1cc(-c2cccc3c4c([nH]c23)-c2ccccc2C4(C)C)c2c(c1)-n1c3sc4ccccc4c3c3cccc(c31)B2. The van der Waals surface area contributed by atoms with Crippen molar-refractivity contribution < 1.29 is 0 Å². The molecule has 0 saturated heterocycles. The van der Waals surface area contributed by atoms with Crippen molar-refractivity contribution >= 4 is 71.7 Å². The van der Waals surface area contributed by atoms with Gasteiger partial charge in [0, 0.05) is 54.0 Å². The lowest BCUT2D eigenvalue weighted by molar-refractivity contribution is 0.666. The van der Waals surface area contributed by atoms with E-state index >= 15 is 0 Å². The lowest BCUT2D eigenvalue weighted by Gasteiger charge is -2.25. The van der Waals surface area contributed by atoms with Gasteiger partial charge in [-0.15, -0.1) is 11.3 Å². The zero-order valence-electron chi connectivity index (χ0n) is 28.0. The molecule has 0 amide bonds. The number of aryl methyl sites for hydroxylation is 2. The van der Waals surface area contributed by atoms with E-state index in [9.17, 15) is 0 Å². The van der Waals surface area contributed by atoms with Crippen molar-refractivity contribution in [3.8, 4) is 39.2 Å². The van der Waals surface area contributed by atoms with Crippen LogP contribution >= 0.6 is 11.3 Å². The largest absolute Gasteiger partial charge is 0.354 e. The number of aromatic amines is 1. The second-order valence-electron chi connectivity index (χ2n) is 14.7. The number of para-hydroxylation sites is 2. The zero-order chi connectivity index (χ0) is 32.8. The normalized spacial score (nSPS) is 14.0. The first-order valence-electron chi connectivity index (χ1n) is 17.3. The molecule has 2 aliphatic rings. The molecule has 4 heterocycles. The topological polar surface area (TPSA) is 20.7 Å². The Morgan fingerprint density at radius 1 is 0.694 bits per heavy atom. The van der Waals surface area contributed by atoms with Crippen LogP contribution in [0.1, 0.15) is 36.1 Å². The second-order valence-corrected chi connectivity index (χ2v) is 15.7. The van der Waals surface area contributed by atoms with E-state index < -0.39 is 0 Å². The van der Waals surface area contributed by atoms with Gasteiger partial charge >= 0.3 is 0 Å². The highest BCUT2D eigenvalue weighted by Gasteiger charge is 2.39. The van der Waals surface area contributed by atoms with Gasteiger partial charge in [-0.1, -0.05) is 116 Å². The number of hydrogen-bond acceptors (Lipinski definition) is 1. The first-order chi connectivity index (χ1) is 23.9. The Morgan fingerprint density at radius 2 is 1.41 bits per heavy atom. The Bertz CT molecular complexity index is 2890. The van der Waals surface area contributed by atoms with E-state index in [0.717, 1.165) is 7.28 Å². The molecule has 0 fully saturated rings. The maximum atomic E-state index is 4.02. The number of nitrogens with zero attached hydrogens (tertiary/aromatic N) is 1. The summed E-state index contributed by atoms with van der Waals surface area (Å²) in [4.78, 5) is 5.36. The molecule has 49 heavy (non-hydrogen) atoms. The van der Waals surface area contributed by atoms with Crippen molar-refractivity contribution in [1.29, 1.82) is 0 Å². The minimum Gasteiger partial charge on any atom is -0.354 e. The Morgan fingerprint density at radius 3 is 2.29 bits per heavy atom. The molecule has 0 atom stereocenters. The fraction of sp³-hybridized carbons (Fsp3) is 0.111. The van der Waals surface area contributed by atoms with Gasteiger partial charge in [0.1, 0.15) is 4.83 Å². The van der Waals surface area contributed by atoms with Gasteiger partial charge in [-0.25, -0.2) is 0 Å². The van der Waals surface area contributed by atoms with Gasteiger partial charge < -0.3 is 9.55 Å². The Hall–Kier alpha value is -5.32. The fourth-order valence-electron chi connectivity index (χ4n) is 9.54. The highest BCUT2D eigenvalue weighted by atomic mass is 32.1. The molecule has 1 N–H and O–H groups in total. The van der Waals surface area contributed by atoms with E-state index in [0.29, 0.717) is 0 Å². The molecular formula is C45H33BN2S. The number of nitrogens with one attached hydrogen (secondary N) is 1. The first-order valence-corrected chi connectivity index (χ1v) is 18.1. The summed E-state index contributed by atoms with van der Waals surface area (Å²) in [6, 6.07) is 43.4. The highest BCUT2D eigenvalue weighted by Crippen LogP contribution is 2.52. The molecule has 0 saturated carbocycles. The smallest absolute Gasteiger partial charge is 0.198 e. The summed E-state index contributed by atoms with van der Waals surface area (Å²) >= 11 is 1.92. The third-order valence-electron chi connectivity index (χ3n) is 11.6. The third kappa shape index (κ3) is 3.47. The summed E-state index contributed by atoms with van der Waals surface area (Å²) in [5, 5.41) is 5.42. The Kier molecular flexibility index (Phi) is 5.32. The van der Waals surface area contributed by atoms with Crippen molar-refractivity contribution in [1.82, 2.24) is 9.55 Å². The molecule has 0 radical (unpaired) electrons. The van der Waals surface area contributed by atoms with Gasteiger partial charge in [0.25, 0.3) is 0 Å². The number of H-pyrrole nitrogens is 1. The molecule has 9 aromatic rings. The van der Waals surface area contributed by atoms with E-state index in [1.807, 2.05) is 11.3 Å². The minimum absolute atomic E-state index is 0.0786. The number of fused-ring (bicyclic) bond motifs is 12. The standard InChI is InChI=1S/C45H33BN2S/c1-24-12-9-13-25(2)37(24)26-22-32(27-16-10-18-31-39-42(47-41(27)31)28-14-5-7-19-33(28)45(39,3)4)40-35(23-26)48-43-30(17-11-20-34(43)46-40)38-29-15-6-8-21-36(29)49-44(38)48/h5-23,46-47H,1-4H3. The predicted molar refractivity (Wildman–Crippen MR) is 212 cm³/mol. The second kappa shape index (κ2) is 9.43. The summed E-state index contributed by atoms with van der Waals surface area (Å²) in [5.41, 5.74) is 19.9. The molecule has 3 aromatic heterocycles. The third-order valence-corrected chi connectivity index (χ3v) is 12.8. The van der Waals surface area contributed by atoms with Crippen molar-refractivity contribution in [2.45, 2.75) is 33.1 Å². The van der Waals surface area contributed by atoms with Gasteiger partial charge in [-0.2, -0.15) is 0 Å². The van der Waals surface area contributed by atoms with E-state index in [1.165, 1.54) is 114 Å². The lowest BCUT2D eigenvalue weighted by atomic mass is 9.58. The molecular weight excluding hydrogens is 611 g/mol. The summed E-state index contributed by atoms with van der Waals surface area (Å²) in [5.74, 6) is 0. The van der Waals surface area contributed by atoms with Crippen LogP contribution in [-0.4, -0.2) is 16.8 Å². The molecule has 11 rings (SSSR count).